The number of nitrogens with zero attached hydrogens (tertiary/aromatic N) is 1. The van der Waals surface area contributed by atoms with Crippen LogP contribution in [0.2, 0.25) is 0 Å². The third-order valence-corrected chi connectivity index (χ3v) is 4.07. The normalized spacial score (nSPS) is 26.3. The molecule has 0 aliphatic carbocycles. The molecule has 0 amide bonds. The standard InChI is InChI=1S/C13H25NO2/c1-4-11-8-6-7-9-14(11)10-13(3,5-2)12(15)16/h11H,4-10H2,1-3H3,(H,15,16). The van der Waals surface area contributed by atoms with Crippen molar-refractivity contribution in [2.75, 3.05) is 13.1 Å². The molecular weight excluding hydrogens is 202 g/mol. The second kappa shape index (κ2) is 5.67. The van der Waals surface area contributed by atoms with Gasteiger partial charge in [-0.1, -0.05) is 20.3 Å². The molecule has 1 aliphatic heterocycles. The van der Waals surface area contributed by atoms with Crippen molar-refractivity contribution < 1.29 is 9.90 Å². The van der Waals surface area contributed by atoms with Crippen LogP contribution < -0.4 is 0 Å². The van der Waals surface area contributed by atoms with E-state index < -0.39 is 11.4 Å². The quantitative estimate of drug-likeness (QED) is 0.785. The van der Waals surface area contributed by atoms with Crippen LogP contribution in [0.25, 0.3) is 0 Å². The highest BCUT2D eigenvalue weighted by Gasteiger charge is 2.35. The molecule has 94 valence electrons. The van der Waals surface area contributed by atoms with Crippen LogP contribution in [0.5, 0.6) is 0 Å². The molecule has 3 nitrogen and oxygen atoms in total. The van der Waals surface area contributed by atoms with Gasteiger partial charge in [0.05, 0.1) is 5.41 Å². The molecule has 0 bridgehead atoms. The van der Waals surface area contributed by atoms with Crippen molar-refractivity contribution in [3.05, 3.63) is 0 Å². The zero-order chi connectivity index (χ0) is 12.2. The lowest BCUT2D eigenvalue weighted by atomic mass is 9.85. The highest BCUT2D eigenvalue weighted by Crippen LogP contribution is 2.28. The van der Waals surface area contributed by atoms with E-state index in [2.05, 4.69) is 11.8 Å². The number of carboxylic acids is 1. The van der Waals surface area contributed by atoms with E-state index in [1.54, 1.807) is 0 Å². The van der Waals surface area contributed by atoms with Crippen LogP contribution in [-0.4, -0.2) is 35.1 Å². The predicted molar refractivity (Wildman–Crippen MR) is 65.5 cm³/mol. The van der Waals surface area contributed by atoms with Gasteiger partial charge in [0.2, 0.25) is 0 Å². The molecule has 1 aliphatic rings. The Balaban J connectivity index is 2.65. The summed E-state index contributed by atoms with van der Waals surface area (Å²) in [5, 5.41) is 9.30. The molecule has 3 heteroatoms. The molecule has 0 aromatic heterocycles. The van der Waals surface area contributed by atoms with Gasteiger partial charge in [-0.3, -0.25) is 9.69 Å². The maximum Gasteiger partial charge on any atom is 0.310 e. The number of likely N-dealkylation sites (tertiary alicyclic amines) is 1. The summed E-state index contributed by atoms with van der Waals surface area (Å²) in [4.78, 5) is 13.7. The summed E-state index contributed by atoms with van der Waals surface area (Å²) in [6.07, 6.45) is 5.59. The van der Waals surface area contributed by atoms with Gasteiger partial charge in [-0.2, -0.15) is 0 Å². The van der Waals surface area contributed by atoms with Crippen LogP contribution in [0, 0.1) is 5.41 Å². The molecule has 0 spiro atoms. The number of piperidine rings is 1. The third-order valence-electron chi connectivity index (χ3n) is 4.07. The van der Waals surface area contributed by atoms with E-state index in [0.717, 1.165) is 13.0 Å². The molecule has 1 N–H and O–H groups in total. The minimum absolute atomic E-state index is 0.579. The smallest absolute Gasteiger partial charge is 0.310 e. The molecule has 1 heterocycles. The van der Waals surface area contributed by atoms with Crippen molar-refractivity contribution in [2.24, 2.45) is 5.41 Å². The summed E-state index contributed by atoms with van der Waals surface area (Å²) < 4.78 is 0. The van der Waals surface area contributed by atoms with Crippen molar-refractivity contribution in [3.63, 3.8) is 0 Å². The first-order valence-corrected chi connectivity index (χ1v) is 6.51. The van der Waals surface area contributed by atoms with Crippen LogP contribution >= 0.6 is 0 Å². The molecule has 1 fully saturated rings. The van der Waals surface area contributed by atoms with Crippen molar-refractivity contribution >= 4 is 5.97 Å². The minimum Gasteiger partial charge on any atom is -0.481 e. The Hall–Kier alpha value is -0.570. The number of aliphatic carboxylic acids is 1. The largest absolute Gasteiger partial charge is 0.481 e. The zero-order valence-electron chi connectivity index (χ0n) is 10.8. The fraction of sp³-hybridized carbons (Fsp3) is 0.923. The first kappa shape index (κ1) is 13.5. The van der Waals surface area contributed by atoms with Crippen LogP contribution in [0.1, 0.15) is 52.9 Å². The number of hydrogen-bond acceptors (Lipinski definition) is 2. The lowest BCUT2D eigenvalue weighted by Gasteiger charge is -2.39. The highest BCUT2D eigenvalue weighted by atomic mass is 16.4. The minimum atomic E-state index is -0.657. The molecule has 2 unspecified atom stereocenters. The second-order valence-electron chi connectivity index (χ2n) is 5.25. The summed E-state index contributed by atoms with van der Waals surface area (Å²) in [6, 6.07) is 0.596. The summed E-state index contributed by atoms with van der Waals surface area (Å²) >= 11 is 0. The number of hydrogen-bond donors (Lipinski definition) is 1. The van der Waals surface area contributed by atoms with Crippen LogP contribution in [0.3, 0.4) is 0 Å². The Morgan fingerprint density at radius 2 is 2.12 bits per heavy atom. The van der Waals surface area contributed by atoms with Gasteiger partial charge in [0, 0.05) is 12.6 Å². The number of carbonyl (C=O) groups is 1. The Morgan fingerprint density at radius 1 is 1.44 bits per heavy atom. The predicted octanol–water partition coefficient (Wildman–Crippen LogP) is 2.75. The SMILES string of the molecule is CCC1CCCCN1CC(C)(CC)C(=O)O. The lowest BCUT2D eigenvalue weighted by Crippen LogP contribution is -2.47. The second-order valence-corrected chi connectivity index (χ2v) is 5.25. The molecule has 0 saturated carbocycles. The molecule has 0 aromatic rings. The van der Waals surface area contributed by atoms with Crippen LogP contribution in [0.15, 0.2) is 0 Å². The molecule has 16 heavy (non-hydrogen) atoms. The van der Waals surface area contributed by atoms with Gasteiger partial charge in [-0.25, -0.2) is 0 Å². The van der Waals surface area contributed by atoms with Gasteiger partial charge in [0.1, 0.15) is 0 Å². The van der Waals surface area contributed by atoms with E-state index >= 15 is 0 Å². The monoisotopic (exact) mass is 227 g/mol. The van der Waals surface area contributed by atoms with Crippen molar-refractivity contribution in [3.8, 4) is 0 Å². The average Bonchev–Trinajstić information content (AvgIpc) is 2.29. The Kier molecular flexibility index (Phi) is 4.78. The fourth-order valence-electron chi connectivity index (χ4n) is 2.51. The number of rotatable bonds is 5. The molecule has 2 atom stereocenters. The third kappa shape index (κ3) is 2.97. The lowest BCUT2D eigenvalue weighted by molar-refractivity contribution is -0.150. The first-order chi connectivity index (χ1) is 7.53. The zero-order valence-corrected chi connectivity index (χ0v) is 10.8. The Bertz CT molecular complexity index is 242. The summed E-state index contributed by atoms with van der Waals surface area (Å²) in [5.74, 6) is -0.657. The van der Waals surface area contributed by atoms with E-state index in [-0.39, 0.29) is 0 Å². The fourth-order valence-corrected chi connectivity index (χ4v) is 2.51. The van der Waals surface area contributed by atoms with E-state index in [1.807, 2.05) is 13.8 Å². The topological polar surface area (TPSA) is 40.5 Å². The van der Waals surface area contributed by atoms with Gasteiger partial charge in [0.25, 0.3) is 0 Å². The van der Waals surface area contributed by atoms with Crippen LogP contribution in [-0.2, 0) is 4.79 Å². The van der Waals surface area contributed by atoms with Crippen molar-refractivity contribution in [2.45, 2.75) is 58.9 Å². The molecule has 1 rings (SSSR count). The van der Waals surface area contributed by atoms with Gasteiger partial charge in [0.15, 0.2) is 0 Å². The molecule has 0 radical (unpaired) electrons. The van der Waals surface area contributed by atoms with E-state index in [1.165, 1.54) is 19.3 Å². The van der Waals surface area contributed by atoms with Gasteiger partial charge in [-0.15, -0.1) is 0 Å². The van der Waals surface area contributed by atoms with Crippen LogP contribution in [0.4, 0.5) is 0 Å². The molecule has 1 saturated heterocycles. The Labute approximate surface area is 98.8 Å². The van der Waals surface area contributed by atoms with Crippen molar-refractivity contribution in [1.82, 2.24) is 4.90 Å². The average molecular weight is 227 g/mol. The maximum absolute atomic E-state index is 11.3. The highest BCUT2D eigenvalue weighted by molar-refractivity contribution is 5.74. The molecule has 0 aromatic carbocycles. The van der Waals surface area contributed by atoms with Gasteiger partial charge in [-0.05, 0) is 39.2 Å². The van der Waals surface area contributed by atoms with Crippen molar-refractivity contribution in [1.29, 1.82) is 0 Å². The van der Waals surface area contributed by atoms with E-state index in [9.17, 15) is 9.90 Å². The van der Waals surface area contributed by atoms with Gasteiger partial charge < -0.3 is 5.11 Å². The summed E-state index contributed by atoms with van der Waals surface area (Å²) in [6.45, 7) is 7.82. The number of carboxylic acid groups (broad SMARTS) is 1. The summed E-state index contributed by atoms with van der Waals surface area (Å²) in [5.41, 5.74) is -0.579. The summed E-state index contributed by atoms with van der Waals surface area (Å²) in [7, 11) is 0. The first-order valence-electron chi connectivity index (χ1n) is 6.51. The maximum atomic E-state index is 11.3. The van der Waals surface area contributed by atoms with Gasteiger partial charge >= 0.3 is 5.97 Å². The van der Waals surface area contributed by atoms with E-state index in [4.69, 9.17) is 0 Å². The molecular formula is C13H25NO2. The van der Waals surface area contributed by atoms with E-state index in [0.29, 0.717) is 19.0 Å². The Morgan fingerprint density at radius 3 is 2.62 bits per heavy atom.